The molecule has 1 aliphatic rings. The summed E-state index contributed by atoms with van der Waals surface area (Å²) in [5.41, 5.74) is 6.65. The van der Waals surface area contributed by atoms with E-state index < -0.39 is 11.8 Å². The van der Waals surface area contributed by atoms with Gasteiger partial charge < -0.3 is 14.8 Å². The van der Waals surface area contributed by atoms with Crippen LogP contribution in [0.4, 0.5) is 5.69 Å². The molecule has 0 bridgehead atoms. The van der Waals surface area contributed by atoms with Crippen molar-refractivity contribution in [3.05, 3.63) is 59.7 Å². The molecule has 4 N–H and O–H groups in total. The number of hydrogen-bond donors (Lipinski definition) is 4. The van der Waals surface area contributed by atoms with Gasteiger partial charge in [-0.1, -0.05) is 25.3 Å². The molecule has 0 aromatic heterocycles. The molecule has 0 radical (unpaired) electrons. The Morgan fingerprint density at radius 2 is 1.61 bits per heavy atom. The molecule has 9 nitrogen and oxygen atoms in total. The van der Waals surface area contributed by atoms with Crippen LogP contribution in [0.3, 0.4) is 0 Å². The molecule has 2 aromatic rings. The molecule has 0 spiro atoms. The van der Waals surface area contributed by atoms with Crippen molar-refractivity contribution >= 4 is 46.8 Å². The maximum Gasteiger partial charge on any atom is 0.269 e. The van der Waals surface area contributed by atoms with E-state index in [1.807, 2.05) is 0 Å². The fourth-order valence-electron chi connectivity index (χ4n) is 3.81. The lowest BCUT2D eigenvalue weighted by Crippen LogP contribution is -2.48. The summed E-state index contributed by atoms with van der Waals surface area (Å²) in [7, 11) is 3.07. The SMILES string of the molecule is COc1ccc(C=CC(=O)NC(=S)NNC(=O)c2ccc(NC(=O)C3CCCCC3)cc2)cc1OC. The molecule has 190 valence electrons. The normalized spacial score (nSPS) is 13.5. The fraction of sp³-hybridized carbons (Fsp3) is 0.308. The number of benzene rings is 2. The van der Waals surface area contributed by atoms with Crippen molar-refractivity contribution in [2.75, 3.05) is 19.5 Å². The summed E-state index contributed by atoms with van der Waals surface area (Å²) in [5, 5.41) is 5.29. The van der Waals surface area contributed by atoms with E-state index in [-0.39, 0.29) is 16.9 Å². The van der Waals surface area contributed by atoms with Crippen molar-refractivity contribution in [3.63, 3.8) is 0 Å². The molecular formula is C26H30N4O5S. The number of methoxy groups -OCH3 is 2. The number of thiocarbonyl (C=S) groups is 1. The number of nitrogens with one attached hydrogen (secondary N) is 4. The highest BCUT2D eigenvalue weighted by Crippen LogP contribution is 2.28. The van der Waals surface area contributed by atoms with Crippen molar-refractivity contribution in [1.82, 2.24) is 16.2 Å². The van der Waals surface area contributed by atoms with Crippen molar-refractivity contribution in [1.29, 1.82) is 0 Å². The smallest absolute Gasteiger partial charge is 0.269 e. The van der Waals surface area contributed by atoms with Crippen LogP contribution in [0.15, 0.2) is 48.5 Å². The van der Waals surface area contributed by atoms with E-state index in [1.165, 1.54) is 19.6 Å². The molecule has 0 heterocycles. The first-order valence-electron chi connectivity index (χ1n) is 11.6. The van der Waals surface area contributed by atoms with Gasteiger partial charge in [0, 0.05) is 23.2 Å². The lowest BCUT2D eigenvalue weighted by molar-refractivity contribution is -0.120. The highest BCUT2D eigenvalue weighted by atomic mass is 32.1. The number of ether oxygens (including phenoxy) is 2. The minimum absolute atomic E-state index is 0.0230. The van der Waals surface area contributed by atoms with Gasteiger partial charge in [-0.15, -0.1) is 0 Å². The Hall–Kier alpha value is -3.92. The van der Waals surface area contributed by atoms with Crippen LogP contribution < -0.4 is 31.0 Å². The van der Waals surface area contributed by atoms with Crippen LogP contribution in [-0.2, 0) is 9.59 Å². The van der Waals surface area contributed by atoms with Gasteiger partial charge in [0.15, 0.2) is 16.6 Å². The van der Waals surface area contributed by atoms with E-state index in [0.717, 1.165) is 31.2 Å². The van der Waals surface area contributed by atoms with Crippen LogP contribution >= 0.6 is 12.2 Å². The third-order valence-electron chi connectivity index (χ3n) is 5.75. The number of anilines is 1. The summed E-state index contributed by atoms with van der Waals surface area (Å²) < 4.78 is 10.4. The van der Waals surface area contributed by atoms with Gasteiger partial charge in [0.25, 0.3) is 5.91 Å². The molecule has 0 aliphatic heterocycles. The molecule has 1 fully saturated rings. The van der Waals surface area contributed by atoms with Crippen LogP contribution in [-0.4, -0.2) is 37.1 Å². The second kappa shape index (κ2) is 13.2. The van der Waals surface area contributed by atoms with Crippen molar-refractivity contribution in [2.45, 2.75) is 32.1 Å². The maximum absolute atomic E-state index is 12.4. The van der Waals surface area contributed by atoms with Crippen LogP contribution in [0, 0.1) is 5.92 Å². The van der Waals surface area contributed by atoms with E-state index in [2.05, 4.69) is 21.5 Å². The topological polar surface area (TPSA) is 118 Å². The third kappa shape index (κ3) is 7.81. The first-order chi connectivity index (χ1) is 17.4. The van der Waals surface area contributed by atoms with E-state index in [1.54, 1.807) is 55.7 Å². The zero-order chi connectivity index (χ0) is 25.9. The molecule has 0 unspecified atom stereocenters. The molecule has 3 amide bonds. The number of hydrazine groups is 1. The second-order valence-electron chi connectivity index (χ2n) is 8.25. The first kappa shape index (κ1) is 26.7. The summed E-state index contributed by atoms with van der Waals surface area (Å²) in [5.74, 6) is 0.275. The van der Waals surface area contributed by atoms with Crippen LogP contribution in [0.25, 0.3) is 6.08 Å². The summed E-state index contributed by atoms with van der Waals surface area (Å²) in [4.78, 5) is 36.9. The maximum atomic E-state index is 12.4. The van der Waals surface area contributed by atoms with Crippen molar-refractivity contribution in [2.24, 2.45) is 5.92 Å². The Labute approximate surface area is 215 Å². The lowest BCUT2D eigenvalue weighted by atomic mass is 9.88. The van der Waals surface area contributed by atoms with E-state index in [9.17, 15) is 14.4 Å². The van der Waals surface area contributed by atoms with Crippen LogP contribution in [0.5, 0.6) is 11.5 Å². The van der Waals surface area contributed by atoms with Gasteiger partial charge in [0.05, 0.1) is 14.2 Å². The molecule has 0 saturated heterocycles. The summed E-state index contributed by atoms with van der Waals surface area (Å²) in [6.07, 6.45) is 8.08. The lowest BCUT2D eigenvalue weighted by Gasteiger charge is -2.20. The Morgan fingerprint density at radius 3 is 2.28 bits per heavy atom. The molecule has 1 saturated carbocycles. The quantitative estimate of drug-likeness (QED) is 0.256. The minimum Gasteiger partial charge on any atom is -0.493 e. The number of rotatable bonds is 7. The average Bonchev–Trinajstić information content (AvgIpc) is 2.91. The monoisotopic (exact) mass is 510 g/mol. The van der Waals surface area contributed by atoms with Crippen LogP contribution in [0.1, 0.15) is 48.0 Å². The Morgan fingerprint density at radius 1 is 0.917 bits per heavy atom. The third-order valence-corrected chi connectivity index (χ3v) is 5.96. The average molecular weight is 511 g/mol. The summed E-state index contributed by atoms with van der Waals surface area (Å²) in [6.45, 7) is 0. The zero-order valence-corrected chi connectivity index (χ0v) is 21.1. The predicted molar refractivity (Wildman–Crippen MR) is 142 cm³/mol. The van der Waals surface area contributed by atoms with Gasteiger partial charge in [-0.3, -0.25) is 30.6 Å². The molecule has 0 atom stereocenters. The standard InChI is InChI=1S/C26H30N4O5S/c1-34-21-14-8-17(16-22(21)35-2)9-15-23(31)28-26(36)30-29-25(33)19-10-12-20(13-11-19)27-24(32)18-6-4-3-5-7-18/h8-16,18H,3-7H2,1-2H3,(H,27,32)(H,29,33)(H2,28,30,31,36). The van der Waals surface area contributed by atoms with E-state index >= 15 is 0 Å². The molecule has 10 heteroatoms. The second-order valence-corrected chi connectivity index (χ2v) is 8.66. The van der Waals surface area contributed by atoms with Gasteiger partial charge in [-0.2, -0.15) is 0 Å². The van der Waals surface area contributed by atoms with E-state index in [4.69, 9.17) is 21.7 Å². The molecule has 1 aliphatic carbocycles. The molecule has 3 rings (SSSR count). The fourth-order valence-corrected chi connectivity index (χ4v) is 3.96. The number of carbonyl (C=O) groups is 3. The van der Waals surface area contributed by atoms with Gasteiger partial charge in [0.2, 0.25) is 11.8 Å². The largest absolute Gasteiger partial charge is 0.493 e. The Kier molecular flexibility index (Phi) is 9.82. The summed E-state index contributed by atoms with van der Waals surface area (Å²) >= 11 is 5.06. The highest BCUT2D eigenvalue weighted by molar-refractivity contribution is 7.80. The molecule has 36 heavy (non-hydrogen) atoms. The molecular weight excluding hydrogens is 480 g/mol. The van der Waals surface area contributed by atoms with Crippen LogP contribution in [0.2, 0.25) is 0 Å². The number of amides is 3. The van der Waals surface area contributed by atoms with Gasteiger partial charge in [-0.25, -0.2) is 0 Å². The Balaban J connectivity index is 1.43. The van der Waals surface area contributed by atoms with Gasteiger partial charge in [0.1, 0.15) is 0 Å². The molecule has 2 aromatic carbocycles. The van der Waals surface area contributed by atoms with Crippen molar-refractivity contribution < 1.29 is 23.9 Å². The number of carbonyl (C=O) groups excluding carboxylic acids is 3. The first-order valence-corrected chi connectivity index (χ1v) is 12.0. The van der Waals surface area contributed by atoms with Crippen molar-refractivity contribution in [3.8, 4) is 11.5 Å². The highest BCUT2D eigenvalue weighted by Gasteiger charge is 2.21. The predicted octanol–water partition coefficient (Wildman–Crippen LogP) is 3.57. The zero-order valence-electron chi connectivity index (χ0n) is 20.3. The Bertz CT molecular complexity index is 1130. The van der Waals surface area contributed by atoms with Gasteiger partial charge >= 0.3 is 0 Å². The summed E-state index contributed by atoms with van der Waals surface area (Å²) in [6, 6.07) is 11.8. The number of hydrogen-bond acceptors (Lipinski definition) is 6. The van der Waals surface area contributed by atoms with Gasteiger partial charge in [-0.05, 0) is 73.1 Å². The minimum atomic E-state index is -0.477. The van der Waals surface area contributed by atoms with E-state index in [0.29, 0.717) is 22.7 Å².